The predicted octanol–water partition coefficient (Wildman–Crippen LogP) is 1.50. The van der Waals surface area contributed by atoms with E-state index in [1.165, 1.54) is 0 Å². The number of rotatable bonds is 2. The van der Waals surface area contributed by atoms with E-state index in [-0.39, 0.29) is 0 Å². The van der Waals surface area contributed by atoms with Crippen LogP contribution in [0, 0.1) is 0 Å². The van der Waals surface area contributed by atoms with E-state index < -0.39 is 0 Å². The van der Waals surface area contributed by atoms with E-state index in [1.54, 1.807) is 6.26 Å². The molecule has 1 rings (SSSR count). The highest BCUT2D eigenvalue weighted by atomic mass is 79.9. The van der Waals surface area contributed by atoms with Gasteiger partial charge in [-0.15, -0.1) is 0 Å². The average Bonchev–Trinajstić information content (AvgIpc) is 2.13. The largest absolute Gasteiger partial charge is 0.446 e. The van der Waals surface area contributed by atoms with Crippen LogP contribution < -0.4 is 0 Å². The smallest absolute Gasteiger partial charge is 0.209 e. The van der Waals surface area contributed by atoms with Crippen molar-refractivity contribution in [1.82, 2.24) is 9.88 Å². The molecular formula is C6H9BrN2O. The second-order valence-electron chi connectivity index (χ2n) is 2.30. The zero-order valence-electron chi connectivity index (χ0n) is 5.97. The van der Waals surface area contributed by atoms with Gasteiger partial charge in [-0.1, -0.05) is 0 Å². The van der Waals surface area contributed by atoms with Gasteiger partial charge in [0.2, 0.25) is 5.89 Å². The lowest BCUT2D eigenvalue weighted by molar-refractivity contribution is 0.341. The van der Waals surface area contributed by atoms with Gasteiger partial charge in [0.25, 0.3) is 0 Å². The van der Waals surface area contributed by atoms with Gasteiger partial charge in [0.1, 0.15) is 10.9 Å². The molecule has 56 valence electrons. The lowest BCUT2D eigenvalue weighted by Gasteiger charge is -2.03. The van der Waals surface area contributed by atoms with Gasteiger partial charge in [-0.2, -0.15) is 0 Å². The highest BCUT2D eigenvalue weighted by molar-refractivity contribution is 9.10. The maximum atomic E-state index is 5.08. The Morgan fingerprint density at radius 2 is 2.40 bits per heavy atom. The summed E-state index contributed by atoms with van der Waals surface area (Å²) in [5.74, 6) is 0.733. The summed E-state index contributed by atoms with van der Waals surface area (Å²) >= 11 is 3.20. The van der Waals surface area contributed by atoms with Crippen molar-refractivity contribution < 1.29 is 4.42 Å². The van der Waals surface area contributed by atoms with Gasteiger partial charge in [0.15, 0.2) is 0 Å². The Balaban J connectivity index is 2.58. The SMILES string of the molecule is CN(C)Cc1nc(Br)co1. The quantitative estimate of drug-likeness (QED) is 0.732. The Labute approximate surface area is 68.2 Å². The van der Waals surface area contributed by atoms with Gasteiger partial charge in [0.05, 0.1) is 6.54 Å². The average molecular weight is 205 g/mol. The first-order valence-electron chi connectivity index (χ1n) is 2.93. The molecule has 0 amide bonds. The highest BCUT2D eigenvalue weighted by Crippen LogP contribution is 2.08. The van der Waals surface area contributed by atoms with Crippen LogP contribution in [0.3, 0.4) is 0 Å². The fourth-order valence-electron chi connectivity index (χ4n) is 0.632. The predicted molar refractivity (Wildman–Crippen MR) is 41.6 cm³/mol. The molecular weight excluding hydrogens is 196 g/mol. The third-order valence-corrected chi connectivity index (χ3v) is 1.34. The molecule has 1 aromatic heterocycles. The summed E-state index contributed by atoms with van der Waals surface area (Å²) in [5.41, 5.74) is 0. The molecule has 0 bridgehead atoms. The molecule has 0 aromatic carbocycles. The number of hydrogen-bond donors (Lipinski definition) is 0. The second kappa shape index (κ2) is 3.16. The second-order valence-corrected chi connectivity index (χ2v) is 3.11. The summed E-state index contributed by atoms with van der Waals surface area (Å²) in [6, 6.07) is 0. The molecule has 0 aliphatic heterocycles. The van der Waals surface area contributed by atoms with E-state index in [9.17, 15) is 0 Å². The number of aromatic nitrogens is 1. The molecule has 0 radical (unpaired) electrons. The van der Waals surface area contributed by atoms with Crippen molar-refractivity contribution in [3.63, 3.8) is 0 Å². The summed E-state index contributed by atoms with van der Waals surface area (Å²) < 4.78 is 5.83. The monoisotopic (exact) mass is 204 g/mol. The zero-order valence-corrected chi connectivity index (χ0v) is 7.55. The number of nitrogens with zero attached hydrogens (tertiary/aromatic N) is 2. The van der Waals surface area contributed by atoms with Gasteiger partial charge in [-0.25, -0.2) is 4.98 Å². The molecule has 1 aromatic rings. The van der Waals surface area contributed by atoms with Crippen LogP contribution in [0.25, 0.3) is 0 Å². The molecule has 0 unspecified atom stereocenters. The van der Waals surface area contributed by atoms with Gasteiger partial charge in [-0.05, 0) is 30.0 Å². The van der Waals surface area contributed by atoms with E-state index in [4.69, 9.17) is 4.42 Å². The molecule has 0 saturated carbocycles. The maximum absolute atomic E-state index is 5.08. The van der Waals surface area contributed by atoms with E-state index in [0.717, 1.165) is 17.0 Å². The van der Waals surface area contributed by atoms with Crippen LogP contribution in [0.1, 0.15) is 5.89 Å². The molecule has 0 aliphatic carbocycles. The van der Waals surface area contributed by atoms with Crippen LogP contribution in [-0.2, 0) is 6.54 Å². The summed E-state index contributed by atoms with van der Waals surface area (Å²) in [5, 5.41) is 0. The molecule has 10 heavy (non-hydrogen) atoms. The normalized spacial score (nSPS) is 10.8. The molecule has 0 N–H and O–H groups in total. The first kappa shape index (κ1) is 7.75. The topological polar surface area (TPSA) is 29.3 Å². The first-order valence-corrected chi connectivity index (χ1v) is 3.72. The van der Waals surface area contributed by atoms with E-state index in [1.807, 2.05) is 19.0 Å². The zero-order chi connectivity index (χ0) is 7.56. The van der Waals surface area contributed by atoms with Gasteiger partial charge >= 0.3 is 0 Å². The third kappa shape index (κ3) is 2.11. The van der Waals surface area contributed by atoms with Crippen molar-refractivity contribution in [3.05, 3.63) is 16.8 Å². The van der Waals surface area contributed by atoms with Crippen molar-refractivity contribution in [2.45, 2.75) is 6.54 Å². The summed E-state index contributed by atoms with van der Waals surface area (Å²) in [7, 11) is 3.94. The Morgan fingerprint density at radius 1 is 1.70 bits per heavy atom. The Hall–Kier alpha value is -0.350. The summed E-state index contributed by atoms with van der Waals surface area (Å²) in [6.45, 7) is 0.742. The van der Waals surface area contributed by atoms with Crippen molar-refractivity contribution in [2.75, 3.05) is 14.1 Å². The minimum absolute atomic E-state index is 0.733. The molecule has 0 spiro atoms. The fraction of sp³-hybridized carbons (Fsp3) is 0.500. The number of halogens is 1. The van der Waals surface area contributed by atoms with Crippen LogP contribution >= 0.6 is 15.9 Å². The van der Waals surface area contributed by atoms with E-state index in [0.29, 0.717) is 0 Å². The van der Waals surface area contributed by atoms with Crippen LogP contribution in [0.4, 0.5) is 0 Å². The van der Waals surface area contributed by atoms with Crippen molar-refractivity contribution in [2.24, 2.45) is 0 Å². The molecule has 1 heterocycles. The van der Waals surface area contributed by atoms with Crippen molar-refractivity contribution in [3.8, 4) is 0 Å². The minimum Gasteiger partial charge on any atom is -0.446 e. The van der Waals surface area contributed by atoms with Gasteiger partial charge in [0, 0.05) is 0 Å². The molecule has 3 nitrogen and oxygen atoms in total. The van der Waals surface area contributed by atoms with Crippen LogP contribution in [0.2, 0.25) is 0 Å². The summed E-state index contributed by atoms with van der Waals surface area (Å²) in [6.07, 6.45) is 1.58. The number of hydrogen-bond acceptors (Lipinski definition) is 3. The highest BCUT2D eigenvalue weighted by Gasteiger charge is 2.00. The van der Waals surface area contributed by atoms with E-state index in [2.05, 4.69) is 20.9 Å². The molecule has 0 atom stereocenters. The van der Waals surface area contributed by atoms with Gasteiger partial charge < -0.3 is 9.32 Å². The Kier molecular flexibility index (Phi) is 2.45. The third-order valence-electron chi connectivity index (χ3n) is 0.975. The first-order chi connectivity index (χ1) is 4.68. The fourth-order valence-corrected chi connectivity index (χ4v) is 0.923. The Bertz CT molecular complexity index is 209. The molecule has 4 heteroatoms. The lowest BCUT2D eigenvalue weighted by atomic mass is 10.6. The maximum Gasteiger partial charge on any atom is 0.209 e. The lowest BCUT2D eigenvalue weighted by Crippen LogP contribution is -2.10. The van der Waals surface area contributed by atoms with Crippen molar-refractivity contribution >= 4 is 15.9 Å². The summed E-state index contributed by atoms with van der Waals surface area (Å²) in [4.78, 5) is 6.06. The van der Waals surface area contributed by atoms with Crippen LogP contribution in [0.5, 0.6) is 0 Å². The standard InChI is InChI=1S/C6H9BrN2O/c1-9(2)3-6-8-5(7)4-10-6/h4H,3H2,1-2H3. The molecule has 0 fully saturated rings. The van der Waals surface area contributed by atoms with Crippen LogP contribution in [0.15, 0.2) is 15.3 Å². The minimum atomic E-state index is 0.733. The number of oxazole rings is 1. The molecule has 0 saturated heterocycles. The van der Waals surface area contributed by atoms with Gasteiger partial charge in [-0.3, -0.25) is 0 Å². The van der Waals surface area contributed by atoms with E-state index >= 15 is 0 Å². The molecule has 0 aliphatic rings. The van der Waals surface area contributed by atoms with Crippen LogP contribution in [-0.4, -0.2) is 24.0 Å². The Morgan fingerprint density at radius 3 is 2.80 bits per heavy atom. The van der Waals surface area contributed by atoms with Crippen molar-refractivity contribution in [1.29, 1.82) is 0 Å².